The standard InChI is InChI=1S/C23H24N6O2S/c1-2-9-27-10-12-28(13-11-27)18-6-3-16(4-7-18)19-15-24-21-8-5-17(26-29(19)21)14-20-22(30)25-23(31)32-20/h3-8,14-15H,2,9-13H2,1H3,(H,25,30,31)/b20-14-. The van der Waals surface area contributed by atoms with Crippen LogP contribution in [-0.4, -0.2) is 63.4 Å². The smallest absolute Gasteiger partial charge is 0.290 e. The van der Waals surface area contributed by atoms with Crippen LogP contribution in [0.5, 0.6) is 0 Å². The maximum absolute atomic E-state index is 11.8. The Labute approximate surface area is 190 Å². The summed E-state index contributed by atoms with van der Waals surface area (Å²) in [6.45, 7) is 7.70. The number of thioether (sulfide) groups is 1. The van der Waals surface area contributed by atoms with Crippen molar-refractivity contribution in [2.75, 3.05) is 37.6 Å². The van der Waals surface area contributed by atoms with Crippen LogP contribution in [0.2, 0.25) is 0 Å². The second-order valence-corrected chi connectivity index (χ2v) is 8.91. The van der Waals surface area contributed by atoms with E-state index in [4.69, 9.17) is 0 Å². The van der Waals surface area contributed by atoms with E-state index in [1.165, 1.54) is 18.7 Å². The number of carbonyl (C=O) groups excluding carboxylic acids is 2. The molecule has 2 saturated heterocycles. The number of anilines is 1. The lowest BCUT2D eigenvalue weighted by atomic mass is 10.1. The average molecular weight is 449 g/mol. The van der Waals surface area contributed by atoms with Gasteiger partial charge >= 0.3 is 0 Å². The van der Waals surface area contributed by atoms with Crippen LogP contribution in [0, 0.1) is 0 Å². The first-order valence-corrected chi connectivity index (χ1v) is 11.6. The van der Waals surface area contributed by atoms with Gasteiger partial charge in [-0.15, -0.1) is 0 Å². The SMILES string of the molecule is CCCN1CCN(c2ccc(-c3cnc4ccc(/C=C5\SC(=O)NC5=O)nn34)cc2)CC1. The molecular formula is C23H24N6O2S. The molecule has 1 N–H and O–H groups in total. The van der Waals surface area contributed by atoms with Crippen molar-refractivity contribution in [1.82, 2.24) is 24.8 Å². The highest BCUT2D eigenvalue weighted by Crippen LogP contribution is 2.27. The van der Waals surface area contributed by atoms with Gasteiger partial charge in [0.15, 0.2) is 5.65 Å². The van der Waals surface area contributed by atoms with E-state index < -0.39 is 0 Å². The summed E-state index contributed by atoms with van der Waals surface area (Å²) in [4.78, 5) is 33.0. The summed E-state index contributed by atoms with van der Waals surface area (Å²) in [5.41, 5.74) is 4.43. The van der Waals surface area contributed by atoms with E-state index in [-0.39, 0.29) is 11.1 Å². The molecule has 0 unspecified atom stereocenters. The Morgan fingerprint density at radius 2 is 1.84 bits per heavy atom. The lowest BCUT2D eigenvalue weighted by Crippen LogP contribution is -2.46. The molecule has 0 bridgehead atoms. The molecule has 0 atom stereocenters. The van der Waals surface area contributed by atoms with Crippen LogP contribution in [0.15, 0.2) is 47.5 Å². The molecule has 0 aliphatic carbocycles. The van der Waals surface area contributed by atoms with Crippen LogP contribution in [0.25, 0.3) is 23.0 Å². The molecule has 2 fully saturated rings. The number of imidazole rings is 1. The van der Waals surface area contributed by atoms with E-state index in [1.54, 1.807) is 22.9 Å². The third kappa shape index (κ3) is 4.13. The molecule has 2 aliphatic rings. The van der Waals surface area contributed by atoms with E-state index >= 15 is 0 Å². The number of rotatable bonds is 5. The molecule has 8 nitrogen and oxygen atoms in total. The fraction of sp³-hybridized carbons (Fsp3) is 0.304. The van der Waals surface area contributed by atoms with Crippen molar-refractivity contribution >= 4 is 40.3 Å². The van der Waals surface area contributed by atoms with E-state index in [0.717, 1.165) is 54.8 Å². The first-order chi connectivity index (χ1) is 15.6. The average Bonchev–Trinajstić information content (AvgIpc) is 3.36. The maximum atomic E-state index is 11.8. The molecule has 3 aromatic rings. The van der Waals surface area contributed by atoms with Gasteiger partial charge in [-0.2, -0.15) is 5.10 Å². The summed E-state index contributed by atoms with van der Waals surface area (Å²) < 4.78 is 1.77. The first kappa shape index (κ1) is 20.7. The number of carbonyl (C=O) groups is 2. The van der Waals surface area contributed by atoms with Gasteiger partial charge in [0.25, 0.3) is 11.1 Å². The number of nitrogens with one attached hydrogen (secondary N) is 1. The topological polar surface area (TPSA) is 82.8 Å². The van der Waals surface area contributed by atoms with Gasteiger partial charge in [-0.05, 0) is 55.1 Å². The summed E-state index contributed by atoms with van der Waals surface area (Å²) in [5.74, 6) is -0.390. The summed E-state index contributed by atoms with van der Waals surface area (Å²) in [6, 6.07) is 12.2. The molecule has 0 spiro atoms. The number of nitrogens with zero attached hydrogens (tertiary/aromatic N) is 5. The summed E-state index contributed by atoms with van der Waals surface area (Å²) in [6.07, 6.45) is 4.62. The predicted octanol–water partition coefficient (Wildman–Crippen LogP) is 3.25. The van der Waals surface area contributed by atoms with Crippen molar-refractivity contribution < 1.29 is 9.59 Å². The molecule has 2 aliphatic heterocycles. The second kappa shape index (κ2) is 8.76. The minimum Gasteiger partial charge on any atom is -0.369 e. The zero-order valence-electron chi connectivity index (χ0n) is 17.8. The van der Waals surface area contributed by atoms with E-state index in [2.05, 4.69) is 56.4 Å². The Morgan fingerprint density at radius 3 is 2.53 bits per heavy atom. The Bertz CT molecular complexity index is 1190. The number of fused-ring (bicyclic) bond motifs is 1. The number of hydrogen-bond donors (Lipinski definition) is 1. The van der Waals surface area contributed by atoms with E-state index in [1.807, 2.05) is 6.07 Å². The third-order valence-electron chi connectivity index (χ3n) is 5.74. The highest BCUT2D eigenvalue weighted by atomic mass is 32.2. The highest BCUT2D eigenvalue weighted by molar-refractivity contribution is 8.18. The van der Waals surface area contributed by atoms with Crippen molar-refractivity contribution in [3.8, 4) is 11.3 Å². The Hall–Kier alpha value is -3.17. The second-order valence-electron chi connectivity index (χ2n) is 7.90. The van der Waals surface area contributed by atoms with Crippen LogP contribution in [0.4, 0.5) is 10.5 Å². The summed E-state index contributed by atoms with van der Waals surface area (Å²) in [5, 5.41) is 6.53. The largest absolute Gasteiger partial charge is 0.369 e. The van der Waals surface area contributed by atoms with Crippen LogP contribution < -0.4 is 10.2 Å². The van der Waals surface area contributed by atoms with Gasteiger partial charge in [0.2, 0.25) is 0 Å². The van der Waals surface area contributed by atoms with Crippen molar-refractivity contribution in [3.05, 3.63) is 53.2 Å². The van der Waals surface area contributed by atoms with Crippen LogP contribution in [0.3, 0.4) is 0 Å². The Kier molecular flexibility index (Phi) is 5.67. The third-order valence-corrected chi connectivity index (χ3v) is 6.55. The number of benzene rings is 1. The predicted molar refractivity (Wildman–Crippen MR) is 126 cm³/mol. The van der Waals surface area contributed by atoms with Gasteiger partial charge in [-0.1, -0.05) is 19.1 Å². The number of amides is 2. The summed E-state index contributed by atoms with van der Waals surface area (Å²) in [7, 11) is 0. The zero-order valence-corrected chi connectivity index (χ0v) is 18.6. The van der Waals surface area contributed by atoms with Gasteiger partial charge < -0.3 is 4.90 Å². The van der Waals surface area contributed by atoms with Crippen molar-refractivity contribution in [1.29, 1.82) is 0 Å². The molecule has 5 rings (SSSR count). The Balaban J connectivity index is 1.37. The van der Waals surface area contributed by atoms with Crippen LogP contribution in [-0.2, 0) is 4.79 Å². The molecular weight excluding hydrogens is 424 g/mol. The number of imide groups is 1. The molecule has 1 aromatic carbocycles. The molecule has 0 radical (unpaired) electrons. The monoisotopic (exact) mass is 448 g/mol. The van der Waals surface area contributed by atoms with Crippen molar-refractivity contribution in [3.63, 3.8) is 0 Å². The molecule has 0 saturated carbocycles. The minimum absolute atomic E-state index is 0.340. The minimum atomic E-state index is -0.390. The first-order valence-electron chi connectivity index (χ1n) is 10.8. The maximum Gasteiger partial charge on any atom is 0.290 e. The molecule has 4 heterocycles. The van der Waals surface area contributed by atoms with E-state index in [9.17, 15) is 9.59 Å². The Morgan fingerprint density at radius 1 is 1.06 bits per heavy atom. The van der Waals surface area contributed by atoms with Crippen molar-refractivity contribution in [2.45, 2.75) is 13.3 Å². The number of aromatic nitrogens is 3. The molecule has 9 heteroatoms. The van der Waals surface area contributed by atoms with E-state index in [0.29, 0.717) is 10.6 Å². The fourth-order valence-electron chi connectivity index (χ4n) is 4.11. The van der Waals surface area contributed by atoms with Gasteiger partial charge in [-0.25, -0.2) is 9.50 Å². The summed E-state index contributed by atoms with van der Waals surface area (Å²) >= 11 is 0.883. The van der Waals surface area contributed by atoms with Crippen LogP contribution in [0.1, 0.15) is 19.0 Å². The zero-order chi connectivity index (χ0) is 22.1. The lowest BCUT2D eigenvalue weighted by Gasteiger charge is -2.36. The molecule has 32 heavy (non-hydrogen) atoms. The number of hydrogen-bond acceptors (Lipinski definition) is 7. The highest BCUT2D eigenvalue weighted by Gasteiger charge is 2.25. The van der Waals surface area contributed by atoms with Gasteiger partial charge in [0, 0.05) is 37.4 Å². The van der Waals surface area contributed by atoms with Crippen LogP contribution >= 0.6 is 11.8 Å². The van der Waals surface area contributed by atoms with Crippen molar-refractivity contribution in [2.24, 2.45) is 0 Å². The van der Waals surface area contributed by atoms with Gasteiger partial charge in [0.05, 0.1) is 22.5 Å². The molecule has 164 valence electrons. The molecule has 2 aromatic heterocycles. The van der Waals surface area contributed by atoms with Gasteiger partial charge in [-0.3, -0.25) is 19.8 Å². The normalized spacial score (nSPS) is 18.7. The molecule has 2 amide bonds. The quantitative estimate of drug-likeness (QED) is 0.600. The lowest BCUT2D eigenvalue weighted by molar-refractivity contribution is -0.115. The number of piperazine rings is 1. The van der Waals surface area contributed by atoms with Gasteiger partial charge in [0.1, 0.15) is 0 Å². The fourth-order valence-corrected chi connectivity index (χ4v) is 4.77.